The number of aliphatic hydroxyl groups excluding tert-OH is 1. The molecule has 4 atom stereocenters. The zero-order chi connectivity index (χ0) is 36.9. The number of carbonyl (C=O) groups excluding carboxylic acids is 3. The highest BCUT2D eigenvalue weighted by atomic mass is 31.2. The first-order chi connectivity index (χ1) is 23.4. The second-order valence-electron chi connectivity index (χ2n) is 14.7. The highest BCUT2D eigenvalue weighted by Crippen LogP contribution is 2.54. The molecule has 0 spiro atoms. The largest absolute Gasteiger partial charge is 0.453 e. The smallest absolute Gasteiger partial charge is 0.444 e. The van der Waals surface area contributed by atoms with Crippen molar-refractivity contribution < 1.29 is 37.8 Å². The van der Waals surface area contributed by atoms with Crippen LogP contribution in [0.25, 0.3) is 0 Å². The minimum absolute atomic E-state index is 0.0404. The first kappa shape index (κ1) is 38.4. The molecule has 1 saturated heterocycles. The van der Waals surface area contributed by atoms with Crippen molar-refractivity contribution in [1.82, 2.24) is 30.5 Å². The van der Waals surface area contributed by atoms with E-state index in [9.17, 15) is 24.1 Å². The van der Waals surface area contributed by atoms with Crippen LogP contribution in [0, 0.1) is 11.3 Å². The fourth-order valence-electron chi connectivity index (χ4n) is 5.54. The number of alkyl carbamates (subject to hydrolysis) is 1. The third kappa shape index (κ3) is 9.85. The number of hydrogen-bond donors (Lipinski definition) is 3. The van der Waals surface area contributed by atoms with E-state index in [0.29, 0.717) is 5.69 Å². The van der Waals surface area contributed by atoms with E-state index in [0.717, 1.165) is 0 Å². The molecule has 15 heteroatoms. The molecule has 14 nitrogen and oxygen atoms in total. The molecule has 2 aromatic carbocycles. The SMILES string of the molecule is CC(C)C(NC(=O)[C@@H]1C[C@@H](n2cc(CO)nn2)CN1C(=O)[C@@H](NC(=O)OC(C)(C)C)C(C)(C)C)P(=O)(Oc1ccccc1)Oc1ccccc1. The standard InChI is InChI=1S/C35H49N6O8P/c1-23(2)31(50(46,48-26-15-11-9-12-16-26)49-27-17-13-10-14-18-27)37-30(43)28-19-25(41-20-24(22-42)38-39-41)21-40(28)32(44)29(34(3,4)5)36-33(45)47-35(6,7)8/h9-18,20,23,25,28-29,31,42H,19,21-22H2,1-8H3,(H,36,45)(H,37,43)/t25-,28+,29-,31?/m1/s1. The topological polar surface area (TPSA) is 174 Å². The Hall–Kier alpha value is -4.42. The second kappa shape index (κ2) is 15.6. The number of benzene rings is 2. The van der Waals surface area contributed by atoms with E-state index in [1.807, 2.05) is 0 Å². The fourth-order valence-corrected chi connectivity index (χ4v) is 7.65. The molecule has 1 aromatic heterocycles. The van der Waals surface area contributed by atoms with Crippen molar-refractivity contribution in [2.24, 2.45) is 11.3 Å². The van der Waals surface area contributed by atoms with E-state index in [4.69, 9.17) is 13.8 Å². The zero-order valence-corrected chi connectivity index (χ0v) is 30.8. The summed E-state index contributed by atoms with van der Waals surface area (Å²) >= 11 is 0. The number of nitrogens with zero attached hydrogens (tertiary/aromatic N) is 4. The molecule has 272 valence electrons. The maximum Gasteiger partial charge on any atom is 0.453 e. The molecule has 0 saturated carbocycles. The van der Waals surface area contributed by atoms with E-state index < -0.39 is 66.3 Å². The summed E-state index contributed by atoms with van der Waals surface area (Å²) in [6.45, 7) is 13.8. The average molecular weight is 713 g/mol. The Morgan fingerprint density at radius 3 is 1.96 bits per heavy atom. The van der Waals surface area contributed by atoms with Gasteiger partial charge in [0.2, 0.25) is 11.8 Å². The quantitative estimate of drug-likeness (QED) is 0.209. The maximum atomic E-state index is 14.8. The molecular formula is C35H49N6O8P. The van der Waals surface area contributed by atoms with E-state index >= 15 is 0 Å². The van der Waals surface area contributed by atoms with Crippen molar-refractivity contribution in [2.45, 2.75) is 97.9 Å². The lowest BCUT2D eigenvalue weighted by molar-refractivity contribution is -0.142. The molecule has 50 heavy (non-hydrogen) atoms. The number of hydrogen-bond acceptors (Lipinski definition) is 10. The number of likely N-dealkylation sites (tertiary alicyclic amines) is 1. The van der Waals surface area contributed by atoms with Gasteiger partial charge in [-0.3, -0.25) is 9.59 Å². The number of nitrogens with one attached hydrogen (secondary N) is 2. The molecule has 4 rings (SSSR count). The Kier molecular flexibility index (Phi) is 12.0. The van der Waals surface area contributed by atoms with Crippen molar-refractivity contribution in [3.8, 4) is 11.5 Å². The molecule has 1 aliphatic rings. The molecule has 1 fully saturated rings. The van der Waals surface area contributed by atoms with Gasteiger partial charge in [0.1, 0.15) is 34.9 Å². The second-order valence-corrected chi connectivity index (χ2v) is 16.7. The number of ether oxygens (including phenoxy) is 1. The lowest BCUT2D eigenvalue weighted by atomic mass is 9.85. The summed E-state index contributed by atoms with van der Waals surface area (Å²) in [6, 6.07) is 14.4. The molecule has 3 N–H and O–H groups in total. The monoisotopic (exact) mass is 712 g/mol. The minimum Gasteiger partial charge on any atom is -0.444 e. The summed E-state index contributed by atoms with van der Waals surface area (Å²) in [5.41, 5.74) is -1.27. The average Bonchev–Trinajstić information content (AvgIpc) is 3.69. The molecule has 0 bridgehead atoms. The van der Waals surface area contributed by atoms with Crippen LogP contribution in [0.3, 0.4) is 0 Å². The van der Waals surface area contributed by atoms with Gasteiger partial charge in [-0.05, 0) is 56.4 Å². The number of para-hydroxylation sites is 2. The molecule has 2 heterocycles. The van der Waals surface area contributed by atoms with Crippen LogP contribution >= 0.6 is 7.60 Å². The van der Waals surface area contributed by atoms with Gasteiger partial charge in [-0.15, -0.1) is 5.10 Å². The van der Waals surface area contributed by atoms with Gasteiger partial charge in [0.15, 0.2) is 5.78 Å². The lowest BCUT2D eigenvalue weighted by Crippen LogP contribution is -2.59. The van der Waals surface area contributed by atoms with Gasteiger partial charge in [-0.1, -0.05) is 76.2 Å². The molecule has 1 aliphatic heterocycles. The Morgan fingerprint density at radius 2 is 1.50 bits per heavy atom. The first-order valence-electron chi connectivity index (χ1n) is 16.6. The number of aromatic nitrogens is 3. The first-order valence-corrected chi connectivity index (χ1v) is 18.2. The van der Waals surface area contributed by atoms with Gasteiger partial charge in [0.25, 0.3) is 0 Å². The Bertz CT molecular complexity index is 1610. The van der Waals surface area contributed by atoms with E-state index in [1.165, 1.54) is 9.58 Å². The third-order valence-electron chi connectivity index (χ3n) is 7.95. The van der Waals surface area contributed by atoms with E-state index in [-0.39, 0.29) is 31.1 Å². The summed E-state index contributed by atoms with van der Waals surface area (Å²) in [5.74, 6) is -2.12. The number of amides is 3. The molecule has 3 amide bonds. The normalized spacial score (nSPS) is 17.9. The van der Waals surface area contributed by atoms with Crippen LogP contribution in [0.5, 0.6) is 11.5 Å². The van der Waals surface area contributed by atoms with Crippen LogP contribution in [-0.2, 0) is 25.5 Å². The zero-order valence-electron chi connectivity index (χ0n) is 29.9. The van der Waals surface area contributed by atoms with Crippen molar-refractivity contribution in [3.63, 3.8) is 0 Å². The van der Waals surface area contributed by atoms with E-state index in [1.54, 1.807) is 122 Å². The number of aliphatic hydroxyl groups is 1. The lowest BCUT2D eigenvalue weighted by Gasteiger charge is -2.36. The van der Waals surface area contributed by atoms with Gasteiger partial charge >= 0.3 is 13.7 Å². The summed E-state index contributed by atoms with van der Waals surface area (Å²) in [4.78, 5) is 43.2. The Morgan fingerprint density at radius 1 is 0.940 bits per heavy atom. The summed E-state index contributed by atoms with van der Waals surface area (Å²) in [6.07, 6.45) is 0.896. The minimum atomic E-state index is -4.19. The third-order valence-corrected chi connectivity index (χ3v) is 10.3. The number of carbonyl (C=O) groups is 3. The van der Waals surface area contributed by atoms with Gasteiger partial charge in [-0.2, -0.15) is 0 Å². The summed E-state index contributed by atoms with van der Waals surface area (Å²) in [5, 5.41) is 23.3. The van der Waals surface area contributed by atoms with Crippen LogP contribution in [0.15, 0.2) is 66.9 Å². The predicted molar refractivity (Wildman–Crippen MR) is 186 cm³/mol. The molecule has 1 unspecified atom stereocenters. The van der Waals surface area contributed by atoms with E-state index in [2.05, 4.69) is 20.9 Å². The maximum absolute atomic E-state index is 14.8. The summed E-state index contributed by atoms with van der Waals surface area (Å²) in [7, 11) is -4.19. The Labute approximate surface area is 293 Å². The van der Waals surface area contributed by atoms with Crippen molar-refractivity contribution in [2.75, 3.05) is 6.54 Å². The predicted octanol–water partition coefficient (Wildman–Crippen LogP) is 5.30. The van der Waals surface area contributed by atoms with Crippen LogP contribution in [0.2, 0.25) is 0 Å². The van der Waals surface area contributed by atoms with Crippen LogP contribution < -0.4 is 19.7 Å². The van der Waals surface area contributed by atoms with Crippen LogP contribution in [0.1, 0.15) is 73.5 Å². The Balaban J connectivity index is 1.70. The van der Waals surface area contributed by atoms with Gasteiger partial charge in [0, 0.05) is 13.0 Å². The summed E-state index contributed by atoms with van der Waals surface area (Å²) < 4.78 is 33.9. The molecule has 0 aliphatic carbocycles. The van der Waals surface area contributed by atoms with Crippen molar-refractivity contribution in [1.29, 1.82) is 0 Å². The highest BCUT2D eigenvalue weighted by molar-refractivity contribution is 7.55. The van der Waals surface area contributed by atoms with Crippen LogP contribution in [0.4, 0.5) is 4.79 Å². The molecule has 0 radical (unpaired) electrons. The fraction of sp³-hybridized carbons (Fsp3) is 0.514. The van der Waals surface area contributed by atoms with Gasteiger partial charge in [0.05, 0.1) is 18.8 Å². The van der Waals surface area contributed by atoms with Gasteiger partial charge in [-0.25, -0.2) is 14.0 Å². The highest BCUT2D eigenvalue weighted by Gasteiger charge is 2.49. The molecule has 3 aromatic rings. The van der Waals surface area contributed by atoms with Crippen molar-refractivity contribution in [3.05, 3.63) is 72.6 Å². The van der Waals surface area contributed by atoms with Gasteiger partial charge < -0.3 is 34.4 Å². The number of rotatable bonds is 12. The van der Waals surface area contributed by atoms with Crippen LogP contribution in [-0.4, -0.2) is 72.9 Å². The van der Waals surface area contributed by atoms with Crippen molar-refractivity contribution >= 4 is 25.5 Å². The molecular weight excluding hydrogens is 663 g/mol.